The van der Waals surface area contributed by atoms with E-state index in [-0.39, 0.29) is 28.0 Å². The minimum atomic E-state index is -3.86. The molecular formula is C8H9Cl2FN2O2S. The molecule has 1 rings (SSSR count). The summed E-state index contributed by atoms with van der Waals surface area (Å²) in [5.74, 6) is -0.701. The van der Waals surface area contributed by atoms with Gasteiger partial charge in [0.25, 0.3) is 0 Å². The van der Waals surface area contributed by atoms with Gasteiger partial charge in [0.05, 0.1) is 10.0 Å². The zero-order chi connectivity index (χ0) is 12.3. The van der Waals surface area contributed by atoms with E-state index in [0.29, 0.717) is 0 Å². The maximum atomic E-state index is 12.8. The summed E-state index contributed by atoms with van der Waals surface area (Å²) >= 11 is 11.2. The summed E-state index contributed by atoms with van der Waals surface area (Å²) in [5.41, 5.74) is 5.16. The molecule has 0 radical (unpaired) electrons. The van der Waals surface area contributed by atoms with E-state index >= 15 is 0 Å². The number of hydrogen-bond donors (Lipinski definition) is 2. The summed E-state index contributed by atoms with van der Waals surface area (Å²) in [5, 5.41) is -0.538. The number of nitrogens with one attached hydrogen (secondary N) is 1. The quantitative estimate of drug-likeness (QED) is 0.878. The lowest BCUT2D eigenvalue weighted by molar-refractivity contribution is 0.581. The van der Waals surface area contributed by atoms with Gasteiger partial charge in [-0.3, -0.25) is 0 Å². The fraction of sp³-hybridized carbons (Fsp3) is 0.250. The normalized spacial score (nSPS) is 11.8. The van der Waals surface area contributed by atoms with Crippen molar-refractivity contribution in [1.29, 1.82) is 0 Å². The third kappa shape index (κ3) is 3.05. The molecule has 0 aromatic heterocycles. The second-order valence-electron chi connectivity index (χ2n) is 2.89. The van der Waals surface area contributed by atoms with E-state index in [1.54, 1.807) is 0 Å². The zero-order valence-electron chi connectivity index (χ0n) is 8.00. The van der Waals surface area contributed by atoms with E-state index in [0.717, 1.165) is 12.1 Å². The standard InChI is InChI=1S/C8H9Cl2FN2O2S/c9-6-3-5(11)4-7(10)8(6)16(14,15)13-2-1-12/h3-4,13H,1-2,12H2. The van der Waals surface area contributed by atoms with E-state index in [1.165, 1.54) is 0 Å². The van der Waals surface area contributed by atoms with Crippen LogP contribution in [0.25, 0.3) is 0 Å². The second kappa shape index (κ2) is 5.29. The summed E-state index contributed by atoms with van der Waals surface area (Å²) in [7, 11) is -3.86. The van der Waals surface area contributed by atoms with Crippen molar-refractivity contribution in [2.24, 2.45) is 5.73 Å². The molecule has 0 bridgehead atoms. The molecule has 0 spiro atoms. The number of halogens is 3. The average Bonchev–Trinajstić information content (AvgIpc) is 2.12. The highest BCUT2D eigenvalue weighted by molar-refractivity contribution is 7.89. The van der Waals surface area contributed by atoms with Crippen LogP contribution in [0.15, 0.2) is 17.0 Å². The van der Waals surface area contributed by atoms with Crippen LogP contribution in [-0.4, -0.2) is 21.5 Å². The van der Waals surface area contributed by atoms with Gasteiger partial charge in [-0.15, -0.1) is 0 Å². The van der Waals surface area contributed by atoms with Crippen LogP contribution >= 0.6 is 23.2 Å². The topological polar surface area (TPSA) is 72.2 Å². The van der Waals surface area contributed by atoms with E-state index < -0.39 is 15.8 Å². The lowest BCUT2D eigenvalue weighted by Crippen LogP contribution is -2.29. The molecule has 4 nitrogen and oxygen atoms in total. The Morgan fingerprint density at radius 2 is 1.81 bits per heavy atom. The zero-order valence-corrected chi connectivity index (χ0v) is 10.3. The van der Waals surface area contributed by atoms with Crippen LogP contribution in [-0.2, 0) is 10.0 Å². The molecule has 3 N–H and O–H groups in total. The molecule has 0 saturated heterocycles. The van der Waals surface area contributed by atoms with E-state index in [1.807, 2.05) is 0 Å². The van der Waals surface area contributed by atoms with Crippen molar-refractivity contribution in [1.82, 2.24) is 4.72 Å². The van der Waals surface area contributed by atoms with Gasteiger partial charge >= 0.3 is 0 Å². The number of nitrogens with two attached hydrogens (primary N) is 1. The lowest BCUT2D eigenvalue weighted by Gasteiger charge is -2.09. The van der Waals surface area contributed by atoms with Crippen molar-refractivity contribution in [3.8, 4) is 0 Å². The summed E-state index contributed by atoms with van der Waals surface area (Å²) in [4.78, 5) is -0.342. The SMILES string of the molecule is NCCNS(=O)(=O)c1c(Cl)cc(F)cc1Cl. The van der Waals surface area contributed by atoms with E-state index in [2.05, 4.69) is 4.72 Å². The summed E-state index contributed by atoms with van der Waals surface area (Å²) in [6.45, 7) is 0.183. The molecule has 0 aliphatic heterocycles. The molecular weight excluding hydrogens is 278 g/mol. The summed E-state index contributed by atoms with van der Waals surface area (Å²) in [6, 6.07) is 1.76. The van der Waals surface area contributed by atoms with Gasteiger partial charge in [0.2, 0.25) is 10.0 Å². The van der Waals surface area contributed by atoms with Gasteiger partial charge in [-0.25, -0.2) is 17.5 Å². The van der Waals surface area contributed by atoms with Gasteiger partial charge in [-0.05, 0) is 12.1 Å². The van der Waals surface area contributed by atoms with Gasteiger partial charge < -0.3 is 5.73 Å². The minimum absolute atomic E-state index is 0.0480. The average molecular weight is 287 g/mol. The van der Waals surface area contributed by atoms with Crippen molar-refractivity contribution in [2.75, 3.05) is 13.1 Å². The van der Waals surface area contributed by atoms with Crippen molar-refractivity contribution in [2.45, 2.75) is 4.90 Å². The Balaban J connectivity index is 3.23. The Morgan fingerprint density at radius 3 is 2.25 bits per heavy atom. The van der Waals surface area contributed by atoms with Crippen molar-refractivity contribution in [3.05, 3.63) is 28.0 Å². The molecule has 0 aliphatic rings. The van der Waals surface area contributed by atoms with Crippen molar-refractivity contribution in [3.63, 3.8) is 0 Å². The first-order valence-corrected chi connectivity index (χ1v) is 6.46. The fourth-order valence-corrected chi connectivity index (χ4v) is 3.28. The molecule has 0 aliphatic carbocycles. The molecule has 90 valence electrons. The smallest absolute Gasteiger partial charge is 0.243 e. The van der Waals surface area contributed by atoms with Crippen LogP contribution in [0.1, 0.15) is 0 Å². The molecule has 1 aromatic rings. The molecule has 0 unspecified atom stereocenters. The van der Waals surface area contributed by atoms with Gasteiger partial charge in [0.15, 0.2) is 0 Å². The Labute approximate surface area is 103 Å². The highest BCUT2D eigenvalue weighted by Gasteiger charge is 2.21. The van der Waals surface area contributed by atoms with Crippen LogP contribution in [0.5, 0.6) is 0 Å². The van der Waals surface area contributed by atoms with Gasteiger partial charge in [-0.2, -0.15) is 0 Å². The van der Waals surface area contributed by atoms with Crippen molar-refractivity contribution >= 4 is 33.2 Å². The molecule has 0 amide bonds. The summed E-state index contributed by atoms with van der Waals surface area (Å²) < 4.78 is 38.4. The Hall–Kier alpha value is -0.400. The van der Waals surface area contributed by atoms with Crippen LogP contribution in [0.3, 0.4) is 0 Å². The maximum absolute atomic E-state index is 12.8. The third-order valence-electron chi connectivity index (χ3n) is 1.67. The third-order valence-corrected chi connectivity index (χ3v) is 4.05. The monoisotopic (exact) mass is 286 g/mol. The highest BCUT2D eigenvalue weighted by Crippen LogP contribution is 2.30. The molecule has 0 saturated carbocycles. The van der Waals surface area contributed by atoms with Crippen LogP contribution in [0, 0.1) is 5.82 Å². The highest BCUT2D eigenvalue weighted by atomic mass is 35.5. The lowest BCUT2D eigenvalue weighted by atomic mass is 10.3. The molecule has 16 heavy (non-hydrogen) atoms. The summed E-state index contributed by atoms with van der Waals surface area (Å²) in [6.07, 6.45) is 0. The number of hydrogen-bond acceptors (Lipinski definition) is 3. The predicted octanol–water partition coefficient (Wildman–Crippen LogP) is 1.37. The Kier molecular flexibility index (Phi) is 4.52. The van der Waals surface area contributed by atoms with E-state index in [4.69, 9.17) is 28.9 Å². The number of sulfonamides is 1. The molecule has 0 heterocycles. The largest absolute Gasteiger partial charge is 0.329 e. The first kappa shape index (κ1) is 13.7. The van der Waals surface area contributed by atoms with E-state index in [9.17, 15) is 12.8 Å². The Bertz CT molecular complexity index is 470. The van der Waals surface area contributed by atoms with Gasteiger partial charge in [0.1, 0.15) is 10.7 Å². The number of rotatable bonds is 4. The first-order valence-electron chi connectivity index (χ1n) is 4.23. The molecule has 0 atom stereocenters. The maximum Gasteiger partial charge on any atom is 0.243 e. The molecule has 1 aromatic carbocycles. The van der Waals surface area contributed by atoms with Gasteiger partial charge in [-0.1, -0.05) is 23.2 Å². The molecule has 8 heteroatoms. The second-order valence-corrected chi connectivity index (χ2v) is 5.40. The van der Waals surface area contributed by atoms with Gasteiger partial charge in [0, 0.05) is 13.1 Å². The van der Waals surface area contributed by atoms with Crippen molar-refractivity contribution < 1.29 is 12.8 Å². The Morgan fingerprint density at radius 1 is 1.31 bits per heavy atom. The first-order chi connectivity index (χ1) is 7.38. The van der Waals surface area contributed by atoms with Crippen LogP contribution < -0.4 is 10.5 Å². The number of benzene rings is 1. The molecule has 0 fully saturated rings. The van der Waals surface area contributed by atoms with Crippen LogP contribution in [0.2, 0.25) is 10.0 Å². The fourth-order valence-electron chi connectivity index (χ4n) is 1.05. The van der Waals surface area contributed by atoms with Crippen LogP contribution in [0.4, 0.5) is 4.39 Å². The predicted molar refractivity (Wildman–Crippen MR) is 60.7 cm³/mol. The minimum Gasteiger partial charge on any atom is -0.329 e.